The minimum absolute atomic E-state index is 0. The first-order valence-corrected chi connectivity index (χ1v) is 13.0. The maximum absolute atomic E-state index is 2.38. The average Bonchev–Trinajstić information content (AvgIpc) is 2.78. The van der Waals surface area contributed by atoms with Gasteiger partial charge in [-0.25, -0.2) is 0 Å². The molecule has 1 aromatic rings. The number of rotatable bonds is 19. The van der Waals surface area contributed by atoms with Gasteiger partial charge in [0, 0.05) is 5.56 Å². The zero-order valence-corrected chi connectivity index (χ0v) is 21.6. The minimum atomic E-state index is 0. The molecule has 0 N–H and O–H groups in total. The Morgan fingerprint density at radius 1 is 0.645 bits per heavy atom. The summed E-state index contributed by atoms with van der Waals surface area (Å²) in [4.78, 5) is 0. The number of quaternary nitrogens is 1. The lowest BCUT2D eigenvalue weighted by atomic mass is 10.1. The van der Waals surface area contributed by atoms with Gasteiger partial charge in [-0.3, -0.25) is 0 Å². The van der Waals surface area contributed by atoms with E-state index in [2.05, 4.69) is 75.4 Å². The fourth-order valence-electron chi connectivity index (χ4n) is 4.25. The predicted octanol–water partition coefficient (Wildman–Crippen LogP) is 5.86. The molecular formula is C29H50ClN. The van der Waals surface area contributed by atoms with Gasteiger partial charge in [0.1, 0.15) is 6.54 Å². The molecule has 0 fully saturated rings. The zero-order valence-electron chi connectivity index (χ0n) is 20.8. The van der Waals surface area contributed by atoms with E-state index in [0.29, 0.717) is 0 Å². The van der Waals surface area contributed by atoms with E-state index in [1.807, 2.05) is 0 Å². The van der Waals surface area contributed by atoms with Crippen LogP contribution in [0.3, 0.4) is 0 Å². The highest BCUT2D eigenvalue weighted by atomic mass is 35.5. The van der Waals surface area contributed by atoms with Crippen LogP contribution in [0.5, 0.6) is 0 Å². The highest BCUT2D eigenvalue weighted by molar-refractivity contribution is 5.13. The van der Waals surface area contributed by atoms with Crippen LogP contribution in [0, 0.1) is 0 Å². The largest absolute Gasteiger partial charge is 1.00 e. The Morgan fingerprint density at radius 2 is 1.19 bits per heavy atom. The molecule has 0 unspecified atom stereocenters. The van der Waals surface area contributed by atoms with Crippen molar-refractivity contribution in [1.29, 1.82) is 0 Å². The van der Waals surface area contributed by atoms with Crippen molar-refractivity contribution < 1.29 is 16.9 Å². The van der Waals surface area contributed by atoms with Crippen LogP contribution in [0.1, 0.15) is 103 Å². The Bertz CT molecular complexity index is 545. The molecule has 31 heavy (non-hydrogen) atoms. The molecular weight excluding hydrogens is 398 g/mol. The summed E-state index contributed by atoms with van der Waals surface area (Å²) in [5, 5.41) is 0. The van der Waals surface area contributed by atoms with Gasteiger partial charge in [-0.2, -0.15) is 0 Å². The number of allylic oxidation sites excluding steroid dienone is 4. The van der Waals surface area contributed by atoms with E-state index < -0.39 is 0 Å². The summed E-state index contributed by atoms with van der Waals surface area (Å²) >= 11 is 0. The van der Waals surface area contributed by atoms with Crippen LogP contribution in [0.25, 0.3) is 0 Å². The van der Waals surface area contributed by atoms with Crippen molar-refractivity contribution in [3.8, 4) is 0 Å². The molecule has 1 nitrogen and oxygen atoms in total. The molecule has 0 amide bonds. The van der Waals surface area contributed by atoms with Gasteiger partial charge in [0.05, 0.1) is 19.6 Å². The van der Waals surface area contributed by atoms with Crippen molar-refractivity contribution in [1.82, 2.24) is 0 Å². The average molecular weight is 448 g/mol. The van der Waals surface area contributed by atoms with Gasteiger partial charge < -0.3 is 16.9 Å². The lowest BCUT2D eigenvalue weighted by Crippen LogP contribution is -3.00. The highest BCUT2D eigenvalue weighted by Gasteiger charge is 2.22. The van der Waals surface area contributed by atoms with Crippen LogP contribution >= 0.6 is 0 Å². The Morgan fingerprint density at radius 3 is 1.77 bits per heavy atom. The molecule has 0 saturated heterocycles. The number of halogens is 1. The Kier molecular flexibility index (Phi) is 20.1. The standard InChI is InChI=1S/C29H50N.ClH/c1-4-7-8-9-10-11-12-13-14-15-16-17-18-19-20-24-27-30(5-2,6-3)28-29-25-22-21-23-26-29;/h10-11,13-14,21-23,25-26H,4-9,12,15-20,24,27-28H2,1-3H3;1H/q+1;/p-1/b11-10-,14-13-;. The first kappa shape index (κ1) is 29.9. The number of unbranched alkanes of at least 4 members (excludes halogenated alkanes) is 9. The van der Waals surface area contributed by atoms with Gasteiger partial charge in [0.15, 0.2) is 0 Å². The maximum Gasteiger partial charge on any atom is 0.104 e. The highest BCUT2D eigenvalue weighted by Crippen LogP contribution is 2.17. The van der Waals surface area contributed by atoms with Crippen molar-refractivity contribution in [2.75, 3.05) is 19.6 Å². The zero-order chi connectivity index (χ0) is 21.8. The molecule has 0 atom stereocenters. The number of nitrogens with zero attached hydrogens (tertiary/aromatic N) is 1. The molecule has 0 saturated carbocycles. The molecule has 0 heterocycles. The quantitative estimate of drug-likeness (QED) is 0.141. The maximum atomic E-state index is 2.38. The van der Waals surface area contributed by atoms with Gasteiger partial charge in [-0.15, -0.1) is 0 Å². The van der Waals surface area contributed by atoms with Crippen molar-refractivity contribution in [2.24, 2.45) is 0 Å². The van der Waals surface area contributed by atoms with Crippen LogP contribution in [-0.4, -0.2) is 24.1 Å². The van der Waals surface area contributed by atoms with E-state index >= 15 is 0 Å². The third kappa shape index (κ3) is 15.4. The molecule has 0 aliphatic heterocycles. The summed E-state index contributed by atoms with van der Waals surface area (Å²) in [6.45, 7) is 12.0. The third-order valence-corrected chi connectivity index (χ3v) is 6.54. The van der Waals surface area contributed by atoms with Crippen LogP contribution in [0.2, 0.25) is 0 Å². The van der Waals surface area contributed by atoms with E-state index in [1.54, 1.807) is 0 Å². The molecule has 178 valence electrons. The van der Waals surface area contributed by atoms with E-state index in [1.165, 1.54) is 107 Å². The van der Waals surface area contributed by atoms with Crippen molar-refractivity contribution in [3.05, 3.63) is 60.2 Å². The van der Waals surface area contributed by atoms with Gasteiger partial charge in [-0.1, -0.05) is 93.7 Å². The van der Waals surface area contributed by atoms with Crippen molar-refractivity contribution >= 4 is 0 Å². The molecule has 0 radical (unpaired) electrons. The monoisotopic (exact) mass is 447 g/mol. The van der Waals surface area contributed by atoms with Crippen LogP contribution < -0.4 is 12.4 Å². The normalized spacial score (nSPS) is 12.0. The second-order valence-corrected chi connectivity index (χ2v) is 8.93. The summed E-state index contributed by atoms with van der Waals surface area (Å²) in [6, 6.07) is 11.1. The summed E-state index contributed by atoms with van der Waals surface area (Å²) in [5.74, 6) is 0. The third-order valence-electron chi connectivity index (χ3n) is 6.54. The minimum Gasteiger partial charge on any atom is -1.00 e. The first-order valence-electron chi connectivity index (χ1n) is 13.0. The van der Waals surface area contributed by atoms with E-state index in [0.717, 1.165) is 6.42 Å². The fourth-order valence-corrected chi connectivity index (χ4v) is 4.25. The van der Waals surface area contributed by atoms with Gasteiger partial charge in [0.2, 0.25) is 0 Å². The molecule has 1 rings (SSSR count). The van der Waals surface area contributed by atoms with Gasteiger partial charge in [0.25, 0.3) is 0 Å². The summed E-state index contributed by atoms with van der Waals surface area (Å²) < 4.78 is 1.24. The Hall–Kier alpha value is -1.05. The lowest BCUT2D eigenvalue weighted by Gasteiger charge is -2.37. The number of hydrogen-bond donors (Lipinski definition) is 0. The summed E-state index contributed by atoms with van der Waals surface area (Å²) in [7, 11) is 0. The smallest absolute Gasteiger partial charge is 0.104 e. The first-order chi connectivity index (χ1) is 14.8. The molecule has 0 aromatic heterocycles. The van der Waals surface area contributed by atoms with E-state index in [4.69, 9.17) is 0 Å². The topological polar surface area (TPSA) is 0 Å². The number of benzene rings is 1. The van der Waals surface area contributed by atoms with E-state index in [-0.39, 0.29) is 12.4 Å². The molecule has 2 heteroatoms. The molecule has 1 aromatic carbocycles. The molecule has 0 aliphatic rings. The second-order valence-electron chi connectivity index (χ2n) is 8.93. The molecule has 0 aliphatic carbocycles. The Balaban J connectivity index is 0.00000900. The summed E-state index contributed by atoms with van der Waals surface area (Å²) in [5.41, 5.74) is 1.49. The van der Waals surface area contributed by atoms with Crippen molar-refractivity contribution in [3.63, 3.8) is 0 Å². The lowest BCUT2D eigenvalue weighted by molar-refractivity contribution is -0.938. The SMILES string of the molecule is CCCCC/C=C\C/C=C\CCCCCCCC[N+](CC)(CC)Cc1ccccc1.[Cl-]. The van der Waals surface area contributed by atoms with Crippen LogP contribution in [0.15, 0.2) is 54.6 Å². The van der Waals surface area contributed by atoms with Crippen LogP contribution in [-0.2, 0) is 6.54 Å². The predicted molar refractivity (Wildman–Crippen MR) is 136 cm³/mol. The van der Waals surface area contributed by atoms with Gasteiger partial charge in [-0.05, 0) is 58.8 Å². The fraction of sp³-hybridized carbons (Fsp3) is 0.655. The van der Waals surface area contributed by atoms with Crippen LogP contribution in [0.4, 0.5) is 0 Å². The molecule has 0 bridgehead atoms. The van der Waals surface area contributed by atoms with Gasteiger partial charge >= 0.3 is 0 Å². The number of hydrogen-bond acceptors (Lipinski definition) is 0. The van der Waals surface area contributed by atoms with Crippen molar-refractivity contribution in [2.45, 2.75) is 104 Å². The second kappa shape index (κ2) is 20.8. The molecule has 0 spiro atoms. The van der Waals surface area contributed by atoms with E-state index in [9.17, 15) is 0 Å². The Labute approximate surface area is 201 Å². The summed E-state index contributed by atoms with van der Waals surface area (Å²) in [6.07, 6.45) is 25.4.